The van der Waals surface area contributed by atoms with Crippen LogP contribution in [0.15, 0.2) is 41.7 Å². The molecule has 0 aliphatic heterocycles. The standard InChI is InChI=1S/C24H29ClN4O4/c1-5-14(2)18-9-17(25)6-7-19(18)27-12-16(10-26)15-8-20(30)21(28-11-15)22(31)29-13-24(3,4)23(32)33/h6-12,14,30H,5,13,26H2,1-4H3,(H,29,31)(H,32,33)/b16-10+,27-12?. The second-order valence-electron chi connectivity index (χ2n) is 8.36. The number of amides is 1. The molecule has 1 atom stereocenters. The fourth-order valence-electron chi connectivity index (χ4n) is 2.86. The zero-order chi connectivity index (χ0) is 24.8. The van der Waals surface area contributed by atoms with Crippen molar-refractivity contribution in [3.63, 3.8) is 0 Å². The molecule has 5 N–H and O–H groups in total. The maximum atomic E-state index is 12.4. The molecular formula is C24H29ClN4O4. The summed E-state index contributed by atoms with van der Waals surface area (Å²) in [7, 11) is 0. The van der Waals surface area contributed by atoms with Gasteiger partial charge in [-0.25, -0.2) is 4.98 Å². The van der Waals surface area contributed by atoms with Crippen molar-refractivity contribution in [2.75, 3.05) is 6.54 Å². The average Bonchev–Trinajstić information content (AvgIpc) is 2.78. The van der Waals surface area contributed by atoms with E-state index < -0.39 is 17.3 Å². The molecule has 0 saturated carbocycles. The van der Waals surface area contributed by atoms with Crippen LogP contribution in [0.25, 0.3) is 5.57 Å². The Hall–Kier alpha value is -3.39. The van der Waals surface area contributed by atoms with Gasteiger partial charge < -0.3 is 21.3 Å². The molecule has 9 heteroatoms. The molecule has 1 aromatic carbocycles. The highest BCUT2D eigenvalue weighted by Gasteiger charge is 2.28. The van der Waals surface area contributed by atoms with Crippen molar-refractivity contribution >= 4 is 41.0 Å². The molecular weight excluding hydrogens is 444 g/mol. The molecule has 0 aliphatic rings. The Morgan fingerprint density at radius 3 is 2.61 bits per heavy atom. The fraction of sp³-hybridized carbons (Fsp3) is 0.333. The van der Waals surface area contributed by atoms with Crippen molar-refractivity contribution in [1.82, 2.24) is 10.3 Å². The number of carboxylic acid groups (broad SMARTS) is 1. The van der Waals surface area contributed by atoms with Gasteiger partial charge in [0.05, 0.1) is 11.1 Å². The lowest BCUT2D eigenvalue weighted by atomic mass is 9.94. The quantitative estimate of drug-likeness (QED) is 0.396. The van der Waals surface area contributed by atoms with Crippen molar-refractivity contribution in [2.45, 2.75) is 40.0 Å². The Morgan fingerprint density at radius 2 is 2.03 bits per heavy atom. The van der Waals surface area contributed by atoms with E-state index in [0.29, 0.717) is 16.2 Å². The van der Waals surface area contributed by atoms with Crippen molar-refractivity contribution < 1.29 is 19.8 Å². The number of hydrogen-bond donors (Lipinski definition) is 4. The molecule has 1 aromatic heterocycles. The van der Waals surface area contributed by atoms with Crippen molar-refractivity contribution in [2.24, 2.45) is 16.1 Å². The summed E-state index contributed by atoms with van der Waals surface area (Å²) < 4.78 is 0. The molecule has 8 nitrogen and oxygen atoms in total. The topological polar surface area (TPSA) is 138 Å². The van der Waals surface area contributed by atoms with Gasteiger partial charge in [0, 0.05) is 41.3 Å². The number of hydrogen-bond acceptors (Lipinski definition) is 6. The second-order valence-corrected chi connectivity index (χ2v) is 8.79. The van der Waals surface area contributed by atoms with E-state index in [9.17, 15) is 14.7 Å². The first-order valence-corrected chi connectivity index (χ1v) is 10.8. The number of nitrogens with two attached hydrogens (primary N) is 1. The zero-order valence-electron chi connectivity index (χ0n) is 19.1. The largest absolute Gasteiger partial charge is 0.505 e. The molecule has 0 saturated heterocycles. The number of aliphatic carboxylic acids is 1. The normalized spacial score (nSPS) is 13.2. The molecule has 1 heterocycles. The molecule has 1 unspecified atom stereocenters. The van der Waals surface area contributed by atoms with Gasteiger partial charge in [-0.2, -0.15) is 0 Å². The molecule has 33 heavy (non-hydrogen) atoms. The smallest absolute Gasteiger partial charge is 0.310 e. The first-order valence-electron chi connectivity index (χ1n) is 10.5. The van der Waals surface area contributed by atoms with E-state index in [1.807, 2.05) is 12.1 Å². The third-order valence-corrected chi connectivity index (χ3v) is 5.58. The number of halogens is 1. The number of aromatic hydroxyl groups is 1. The summed E-state index contributed by atoms with van der Waals surface area (Å²) in [6.07, 6.45) is 5.20. The van der Waals surface area contributed by atoms with Crippen LogP contribution < -0.4 is 11.1 Å². The summed E-state index contributed by atoms with van der Waals surface area (Å²) in [5, 5.41) is 22.6. The van der Waals surface area contributed by atoms with Gasteiger partial charge in [-0.1, -0.05) is 25.4 Å². The van der Waals surface area contributed by atoms with Crippen LogP contribution in [0.1, 0.15) is 61.6 Å². The molecule has 0 radical (unpaired) electrons. The number of rotatable bonds is 9. The van der Waals surface area contributed by atoms with Gasteiger partial charge in [-0.05, 0) is 56.0 Å². The highest BCUT2D eigenvalue weighted by atomic mass is 35.5. The number of carbonyl (C=O) groups is 2. The lowest BCUT2D eigenvalue weighted by Crippen LogP contribution is -2.39. The molecule has 1 amide bonds. The fourth-order valence-corrected chi connectivity index (χ4v) is 3.04. The predicted octanol–water partition coefficient (Wildman–Crippen LogP) is 4.50. The molecule has 0 spiro atoms. The van der Waals surface area contributed by atoms with Crippen molar-refractivity contribution in [1.29, 1.82) is 0 Å². The summed E-state index contributed by atoms with van der Waals surface area (Å²) in [6.45, 7) is 7.02. The maximum Gasteiger partial charge on any atom is 0.310 e. The Kier molecular flexibility index (Phi) is 8.59. The highest BCUT2D eigenvalue weighted by molar-refractivity contribution is 6.30. The summed E-state index contributed by atoms with van der Waals surface area (Å²) in [5.74, 6) is -1.84. The molecule has 176 valence electrons. The number of allylic oxidation sites excluding steroid dienone is 1. The van der Waals surface area contributed by atoms with E-state index in [-0.39, 0.29) is 23.9 Å². The van der Waals surface area contributed by atoms with Crippen LogP contribution in [0.5, 0.6) is 5.75 Å². The van der Waals surface area contributed by atoms with E-state index in [1.165, 1.54) is 32.3 Å². The minimum absolute atomic E-state index is 0.121. The minimum Gasteiger partial charge on any atom is -0.505 e. The van der Waals surface area contributed by atoms with Gasteiger partial charge >= 0.3 is 5.97 Å². The van der Waals surface area contributed by atoms with Gasteiger partial charge in [0.2, 0.25) is 0 Å². The molecule has 0 aliphatic carbocycles. The van der Waals surface area contributed by atoms with Crippen molar-refractivity contribution in [3.05, 3.63) is 58.5 Å². The van der Waals surface area contributed by atoms with Gasteiger partial charge in [0.1, 0.15) is 5.75 Å². The van der Waals surface area contributed by atoms with E-state index in [1.54, 1.807) is 12.3 Å². The van der Waals surface area contributed by atoms with E-state index in [4.69, 9.17) is 22.4 Å². The SMILES string of the molecule is CCC(C)c1cc(Cl)ccc1N=C/C(=C\N)c1cnc(C(=O)NCC(C)(C)C(=O)O)c(O)c1. The first-order chi connectivity index (χ1) is 15.5. The highest BCUT2D eigenvalue weighted by Crippen LogP contribution is 2.32. The summed E-state index contributed by atoms with van der Waals surface area (Å²) in [4.78, 5) is 32.1. The van der Waals surface area contributed by atoms with Crippen LogP contribution >= 0.6 is 11.6 Å². The number of aromatic nitrogens is 1. The van der Waals surface area contributed by atoms with Crippen LogP contribution in [-0.2, 0) is 4.79 Å². The predicted molar refractivity (Wildman–Crippen MR) is 130 cm³/mol. The Labute approximate surface area is 198 Å². The monoisotopic (exact) mass is 472 g/mol. The number of nitrogens with one attached hydrogen (secondary N) is 1. The van der Waals surface area contributed by atoms with Crippen LogP contribution in [0.4, 0.5) is 5.69 Å². The van der Waals surface area contributed by atoms with E-state index >= 15 is 0 Å². The second kappa shape index (κ2) is 11.0. The molecule has 2 rings (SSSR count). The number of pyridine rings is 1. The Morgan fingerprint density at radius 1 is 1.33 bits per heavy atom. The number of nitrogens with zero attached hydrogens (tertiary/aromatic N) is 2. The maximum absolute atomic E-state index is 12.4. The summed E-state index contributed by atoms with van der Waals surface area (Å²) in [5.41, 5.74) is 7.10. The summed E-state index contributed by atoms with van der Waals surface area (Å²) >= 11 is 6.14. The van der Waals surface area contributed by atoms with E-state index in [0.717, 1.165) is 17.7 Å². The molecule has 0 fully saturated rings. The van der Waals surface area contributed by atoms with Gasteiger partial charge in [0.25, 0.3) is 5.91 Å². The third kappa shape index (κ3) is 6.55. The summed E-state index contributed by atoms with van der Waals surface area (Å²) in [6, 6.07) is 6.84. The van der Waals surface area contributed by atoms with Crippen LogP contribution in [0.3, 0.4) is 0 Å². The van der Waals surface area contributed by atoms with Gasteiger partial charge in [0.15, 0.2) is 5.69 Å². The molecule has 2 aromatic rings. The van der Waals surface area contributed by atoms with Crippen LogP contribution in [-0.4, -0.2) is 39.8 Å². The first kappa shape index (κ1) is 25.9. The van der Waals surface area contributed by atoms with Crippen LogP contribution in [0, 0.1) is 5.41 Å². The number of carbonyl (C=O) groups excluding carboxylic acids is 1. The lowest BCUT2D eigenvalue weighted by Gasteiger charge is -2.19. The zero-order valence-corrected chi connectivity index (χ0v) is 19.8. The Bertz CT molecular complexity index is 1100. The third-order valence-electron chi connectivity index (χ3n) is 5.34. The molecule has 0 bridgehead atoms. The average molecular weight is 473 g/mol. The lowest BCUT2D eigenvalue weighted by molar-refractivity contribution is -0.146. The number of carboxylic acids is 1. The Balaban J connectivity index is 2.25. The number of benzene rings is 1. The van der Waals surface area contributed by atoms with Crippen molar-refractivity contribution in [3.8, 4) is 5.75 Å². The van der Waals surface area contributed by atoms with Gasteiger partial charge in [-0.3, -0.25) is 14.6 Å². The van der Waals surface area contributed by atoms with Gasteiger partial charge in [-0.15, -0.1) is 0 Å². The van der Waals surface area contributed by atoms with Crippen LogP contribution in [0.2, 0.25) is 5.02 Å². The van der Waals surface area contributed by atoms with E-state index in [2.05, 4.69) is 29.1 Å². The minimum atomic E-state index is -1.16. The number of aliphatic imine (C=N–C) groups is 1.